The number of benzene rings is 2. The summed E-state index contributed by atoms with van der Waals surface area (Å²) >= 11 is 0. The maximum Gasteiger partial charge on any atom is 0.251 e. The normalized spacial score (nSPS) is 11.0. The molecule has 0 radical (unpaired) electrons. The lowest BCUT2D eigenvalue weighted by atomic mass is 10.1. The first-order valence-corrected chi connectivity index (χ1v) is 12.0. The number of ether oxygens (including phenoxy) is 2. The summed E-state index contributed by atoms with van der Waals surface area (Å²) in [6.45, 7) is 4.95. The van der Waals surface area contributed by atoms with Crippen LogP contribution in [0.3, 0.4) is 0 Å². The average molecular weight is 496 g/mol. The van der Waals surface area contributed by atoms with Crippen molar-refractivity contribution in [2.45, 2.75) is 26.9 Å². The van der Waals surface area contributed by atoms with Crippen LogP contribution in [0.15, 0.2) is 73.1 Å². The molecular weight excluding hydrogens is 466 g/mol. The van der Waals surface area contributed by atoms with E-state index >= 15 is 0 Å². The molecule has 37 heavy (non-hydrogen) atoms. The largest absolute Gasteiger partial charge is 0.493 e. The molecule has 0 spiro atoms. The Morgan fingerprint density at radius 1 is 0.973 bits per heavy atom. The molecule has 0 aliphatic heterocycles. The van der Waals surface area contributed by atoms with Gasteiger partial charge in [0.1, 0.15) is 0 Å². The fourth-order valence-corrected chi connectivity index (χ4v) is 4.56. The van der Waals surface area contributed by atoms with Crippen molar-refractivity contribution in [3.8, 4) is 17.3 Å². The van der Waals surface area contributed by atoms with Gasteiger partial charge in [-0.05, 0) is 61.4 Å². The lowest BCUT2D eigenvalue weighted by Crippen LogP contribution is -2.23. The zero-order valence-electron chi connectivity index (χ0n) is 21.4. The molecule has 3 heterocycles. The van der Waals surface area contributed by atoms with Crippen molar-refractivity contribution < 1.29 is 14.3 Å². The molecule has 5 aromatic rings. The van der Waals surface area contributed by atoms with Crippen LogP contribution in [0.4, 0.5) is 0 Å². The van der Waals surface area contributed by atoms with Gasteiger partial charge in [0, 0.05) is 35.8 Å². The lowest BCUT2D eigenvalue weighted by molar-refractivity contribution is 0.0950. The third-order valence-corrected chi connectivity index (χ3v) is 6.33. The number of aromatic nitrogens is 4. The van der Waals surface area contributed by atoms with Gasteiger partial charge in [0.2, 0.25) is 0 Å². The molecule has 0 atom stereocenters. The van der Waals surface area contributed by atoms with Gasteiger partial charge in [0.15, 0.2) is 23.0 Å². The second kappa shape index (κ2) is 10.2. The molecule has 1 amide bonds. The van der Waals surface area contributed by atoms with Gasteiger partial charge in [0.25, 0.3) is 5.91 Å². The summed E-state index contributed by atoms with van der Waals surface area (Å²) in [5.74, 6) is 1.94. The molecule has 0 aliphatic carbocycles. The Balaban J connectivity index is 1.35. The van der Waals surface area contributed by atoms with E-state index in [1.165, 1.54) is 0 Å². The van der Waals surface area contributed by atoms with E-state index in [1.54, 1.807) is 14.2 Å². The summed E-state index contributed by atoms with van der Waals surface area (Å²) in [6.07, 6.45) is 3.97. The lowest BCUT2D eigenvalue weighted by Gasteiger charge is -2.13. The number of hydrogen-bond acceptors (Lipinski definition) is 5. The Morgan fingerprint density at radius 2 is 1.73 bits per heavy atom. The molecule has 0 bridgehead atoms. The molecule has 8 heteroatoms. The Labute approximate surface area is 215 Å². The van der Waals surface area contributed by atoms with Gasteiger partial charge in [-0.1, -0.05) is 24.3 Å². The SMILES string of the molecule is COc1cccc(CNC(=O)c2ccc(Cn3nc(-n4cccc4)c4c(C)cc(C)nc43)cc2)c1OC. The molecule has 0 saturated carbocycles. The third-order valence-electron chi connectivity index (χ3n) is 6.33. The van der Waals surface area contributed by atoms with Gasteiger partial charge >= 0.3 is 0 Å². The van der Waals surface area contributed by atoms with Gasteiger partial charge < -0.3 is 19.4 Å². The van der Waals surface area contributed by atoms with Crippen LogP contribution in [0.1, 0.15) is 32.7 Å². The van der Waals surface area contributed by atoms with Crippen LogP contribution in [0.25, 0.3) is 16.9 Å². The summed E-state index contributed by atoms with van der Waals surface area (Å²) in [4.78, 5) is 17.6. The summed E-state index contributed by atoms with van der Waals surface area (Å²) in [6, 6.07) is 19.2. The zero-order valence-corrected chi connectivity index (χ0v) is 21.4. The maximum atomic E-state index is 12.8. The van der Waals surface area contributed by atoms with E-state index in [9.17, 15) is 4.79 Å². The number of pyridine rings is 1. The maximum absolute atomic E-state index is 12.8. The van der Waals surface area contributed by atoms with E-state index in [4.69, 9.17) is 19.6 Å². The second-order valence-corrected chi connectivity index (χ2v) is 8.88. The monoisotopic (exact) mass is 495 g/mol. The van der Waals surface area contributed by atoms with Crippen molar-refractivity contribution >= 4 is 16.9 Å². The number of methoxy groups -OCH3 is 2. The first-order chi connectivity index (χ1) is 18.0. The highest BCUT2D eigenvalue weighted by atomic mass is 16.5. The van der Waals surface area contributed by atoms with Crippen LogP contribution in [0.2, 0.25) is 0 Å². The van der Waals surface area contributed by atoms with Crippen molar-refractivity contribution in [1.82, 2.24) is 24.6 Å². The summed E-state index contributed by atoms with van der Waals surface area (Å²) in [7, 11) is 3.18. The van der Waals surface area contributed by atoms with E-state index in [0.29, 0.717) is 30.2 Å². The third kappa shape index (κ3) is 4.78. The molecule has 5 rings (SSSR count). The van der Waals surface area contributed by atoms with Crippen molar-refractivity contribution in [3.63, 3.8) is 0 Å². The highest BCUT2D eigenvalue weighted by molar-refractivity contribution is 5.94. The number of carbonyl (C=O) groups is 1. The number of aryl methyl sites for hydroxylation is 2. The fraction of sp³-hybridized carbons (Fsp3) is 0.207. The van der Waals surface area contributed by atoms with Gasteiger partial charge in [-0.15, -0.1) is 0 Å². The van der Waals surface area contributed by atoms with Crippen LogP contribution in [0, 0.1) is 13.8 Å². The highest BCUT2D eigenvalue weighted by Gasteiger charge is 2.17. The Kier molecular flexibility index (Phi) is 6.64. The summed E-state index contributed by atoms with van der Waals surface area (Å²) in [5.41, 5.74) is 5.37. The number of rotatable bonds is 8. The van der Waals surface area contributed by atoms with Crippen LogP contribution in [-0.2, 0) is 13.1 Å². The second-order valence-electron chi connectivity index (χ2n) is 8.88. The minimum absolute atomic E-state index is 0.163. The molecule has 8 nitrogen and oxygen atoms in total. The van der Waals surface area contributed by atoms with Crippen LogP contribution in [-0.4, -0.2) is 39.5 Å². The van der Waals surface area contributed by atoms with Crippen LogP contribution < -0.4 is 14.8 Å². The number of amides is 1. The van der Waals surface area contributed by atoms with E-state index in [0.717, 1.165) is 39.2 Å². The van der Waals surface area contributed by atoms with Crippen LogP contribution >= 0.6 is 0 Å². The average Bonchev–Trinajstić information content (AvgIpc) is 3.56. The quantitative estimate of drug-likeness (QED) is 0.333. The molecule has 0 fully saturated rings. The number of carbonyl (C=O) groups excluding carboxylic acids is 1. The Bertz CT molecular complexity index is 1550. The molecule has 3 aromatic heterocycles. The molecular formula is C29H29N5O3. The van der Waals surface area contributed by atoms with Gasteiger partial charge in [0.05, 0.1) is 26.2 Å². The first-order valence-electron chi connectivity index (χ1n) is 12.0. The number of fused-ring (bicyclic) bond motifs is 1. The molecule has 0 unspecified atom stereocenters. The molecule has 1 N–H and O–H groups in total. The minimum atomic E-state index is -0.163. The molecule has 0 saturated heterocycles. The smallest absolute Gasteiger partial charge is 0.251 e. The number of nitrogens with one attached hydrogen (secondary N) is 1. The number of para-hydroxylation sites is 1. The number of hydrogen-bond donors (Lipinski definition) is 1. The van der Waals surface area contributed by atoms with Crippen molar-refractivity contribution in [2.24, 2.45) is 0 Å². The van der Waals surface area contributed by atoms with E-state index in [-0.39, 0.29) is 5.91 Å². The van der Waals surface area contributed by atoms with Gasteiger partial charge in [-0.3, -0.25) is 4.79 Å². The minimum Gasteiger partial charge on any atom is -0.493 e. The number of nitrogens with zero attached hydrogens (tertiary/aromatic N) is 4. The Hall–Kier alpha value is -4.59. The van der Waals surface area contributed by atoms with Crippen LogP contribution in [0.5, 0.6) is 11.5 Å². The summed E-state index contributed by atoms with van der Waals surface area (Å²) < 4.78 is 14.7. The topological polar surface area (TPSA) is 83.2 Å². The predicted molar refractivity (Wildman–Crippen MR) is 143 cm³/mol. The predicted octanol–water partition coefficient (Wildman–Crippen LogP) is 4.83. The summed E-state index contributed by atoms with van der Waals surface area (Å²) in [5, 5.41) is 8.89. The first kappa shape index (κ1) is 24.1. The fourth-order valence-electron chi connectivity index (χ4n) is 4.56. The van der Waals surface area contributed by atoms with Crippen molar-refractivity contribution in [2.75, 3.05) is 14.2 Å². The highest BCUT2D eigenvalue weighted by Crippen LogP contribution is 2.30. The zero-order chi connectivity index (χ0) is 25.9. The molecule has 0 aliphatic rings. The van der Waals surface area contributed by atoms with E-state index in [1.807, 2.05) is 83.2 Å². The van der Waals surface area contributed by atoms with Crippen molar-refractivity contribution in [3.05, 3.63) is 101 Å². The molecule has 188 valence electrons. The van der Waals surface area contributed by atoms with E-state index < -0.39 is 0 Å². The van der Waals surface area contributed by atoms with Crippen molar-refractivity contribution in [1.29, 1.82) is 0 Å². The standard InChI is InChI=1S/C29H29N5O3/c1-19-16-20(2)31-27-25(19)28(33-14-5-6-15-33)32-34(27)18-21-10-12-22(13-11-21)29(35)30-17-23-8-7-9-24(36-3)26(23)37-4/h5-16H,17-18H2,1-4H3,(H,30,35). The van der Waals surface area contributed by atoms with Gasteiger partial charge in [-0.2, -0.15) is 5.10 Å². The Morgan fingerprint density at radius 3 is 2.43 bits per heavy atom. The van der Waals surface area contributed by atoms with Gasteiger partial charge in [-0.25, -0.2) is 9.67 Å². The van der Waals surface area contributed by atoms with E-state index in [2.05, 4.69) is 18.3 Å². The molecule has 2 aromatic carbocycles.